The van der Waals surface area contributed by atoms with Crippen molar-refractivity contribution in [2.24, 2.45) is 0 Å². The predicted octanol–water partition coefficient (Wildman–Crippen LogP) is 1.54. The number of hydrogen-bond acceptors (Lipinski definition) is 5. The van der Waals surface area contributed by atoms with Crippen LogP contribution in [-0.2, 0) is 9.47 Å². The molecule has 1 aromatic heterocycles. The van der Waals surface area contributed by atoms with Crippen LogP contribution in [0.3, 0.4) is 0 Å². The van der Waals surface area contributed by atoms with Crippen LogP contribution in [0.4, 0.5) is 0 Å². The smallest absolute Gasteiger partial charge is 0.359 e. The fourth-order valence-corrected chi connectivity index (χ4v) is 1.07. The van der Waals surface area contributed by atoms with Gasteiger partial charge in [0.05, 0.1) is 6.61 Å². The van der Waals surface area contributed by atoms with Crippen LogP contribution in [0.25, 0.3) is 0 Å². The number of nitrogens with one attached hydrogen (secondary N) is 1. The van der Waals surface area contributed by atoms with Crippen LogP contribution >= 0.6 is 0 Å². The summed E-state index contributed by atoms with van der Waals surface area (Å²) in [4.78, 5) is 22.9. The van der Waals surface area contributed by atoms with Gasteiger partial charge in [-0.1, -0.05) is 0 Å². The van der Waals surface area contributed by atoms with E-state index in [-0.39, 0.29) is 18.0 Å². The van der Waals surface area contributed by atoms with Crippen molar-refractivity contribution < 1.29 is 19.1 Å². The summed E-state index contributed by atoms with van der Waals surface area (Å²) in [5.41, 5.74) is -0.407. The summed E-state index contributed by atoms with van der Waals surface area (Å²) in [6, 6.07) is 1.31. The Bertz CT molecular complexity index is 417. The highest BCUT2D eigenvalue weighted by molar-refractivity contribution is 5.93. The van der Waals surface area contributed by atoms with Gasteiger partial charge in [-0.2, -0.15) is 5.10 Å². The second kappa shape index (κ2) is 4.99. The molecular formula is C11H16N2O4. The Morgan fingerprint density at radius 3 is 2.53 bits per heavy atom. The highest BCUT2D eigenvalue weighted by atomic mass is 16.6. The third-order valence-electron chi connectivity index (χ3n) is 1.68. The standard InChI is InChI=1S/C11H16N2O4/c1-5-16-9(14)7-6-8(13-12-7)10(15)17-11(2,3)4/h6H,5H2,1-4H3,(H,12,13). The first-order valence-electron chi connectivity index (χ1n) is 5.29. The zero-order valence-electron chi connectivity index (χ0n) is 10.4. The minimum absolute atomic E-state index is 0.0583. The molecule has 0 aliphatic carbocycles. The number of H-pyrrole nitrogens is 1. The molecule has 0 bridgehead atoms. The number of carbonyl (C=O) groups is 2. The number of nitrogens with zero attached hydrogens (tertiary/aromatic N) is 1. The van der Waals surface area contributed by atoms with E-state index >= 15 is 0 Å². The molecule has 0 amide bonds. The van der Waals surface area contributed by atoms with Gasteiger partial charge in [-0.3, -0.25) is 5.10 Å². The molecule has 17 heavy (non-hydrogen) atoms. The predicted molar refractivity (Wildman–Crippen MR) is 59.7 cm³/mol. The van der Waals surface area contributed by atoms with Gasteiger partial charge in [-0.25, -0.2) is 9.59 Å². The van der Waals surface area contributed by atoms with Crippen molar-refractivity contribution in [1.29, 1.82) is 0 Å². The molecule has 1 heterocycles. The Morgan fingerprint density at radius 2 is 2.00 bits per heavy atom. The molecule has 1 N–H and O–H groups in total. The molecule has 94 valence electrons. The summed E-state index contributed by atoms with van der Waals surface area (Å²) >= 11 is 0. The van der Waals surface area contributed by atoms with Crippen LogP contribution in [0.2, 0.25) is 0 Å². The van der Waals surface area contributed by atoms with E-state index in [9.17, 15) is 9.59 Å². The van der Waals surface area contributed by atoms with Crippen molar-refractivity contribution in [3.05, 3.63) is 17.5 Å². The van der Waals surface area contributed by atoms with Crippen LogP contribution in [0.15, 0.2) is 6.07 Å². The summed E-state index contributed by atoms with van der Waals surface area (Å²) in [6.07, 6.45) is 0. The van der Waals surface area contributed by atoms with Crippen LogP contribution in [0, 0.1) is 0 Å². The van der Waals surface area contributed by atoms with E-state index in [4.69, 9.17) is 9.47 Å². The summed E-state index contributed by atoms with van der Waals surface area (Å²) < 4.78 is 9.86. The van der Waals surface area contributed by atoms with Crippen molar-refractivity contribution in [2.45, 2.75) is 33.3 Å². The SMILES string of the molecule is CCOC(=O)c1cc(C(=O)OC(C)(C)C)n[nH]1. The number of hydrogen-bond donors (Lipinski definition) is 1. The minimum atomic E-state index is -0.597. The number of aromatic nitrogens is 2. The van der Waals surface area contributed by atoms with Crippen LogP contribution in [0.5, 0.6) is 0 Å². The van der Waals surface area contributed by atoms with Gasteiger partial charge in [-0.15, -0.1) is 0 Å². The molecule has 6 heteroatoms. The quantitative estimate of drug-likeness (QED) is 0.810. The van der Waals surface area contributed by atoms with Crippen molar-refractivity contribution in [2.75, 3.05) is 6.61 Å². The molecule has 1 aromatic rings. The van der Waals surface area contributed by atoms with Gasteiger partial charge in [-0.05, 0) is 27.7 Å². The van der Waals surface area contributed by atoms with E-state index in [0.29, 0.717) is 0 Å². The monoisotopic (exact) mass is 240 g/mol. The van der Waals surface area contributed by atoms with Crippen LogP contribution < -0.4 is 0 Å². The van der Waals surface area contributed by atoms with E-state index in [2.05, 4.69) is 10.2 Å². The van der Waals surface area contributed by atoms with E-state index in [1.54, 1.807) is 27.7 Å². The highest BCUT2D eigenvalue weighted by Gasteiger charge is 2.21. The van der Waals surface area contributed by atoms with Crippen molar-refractivity contribution >= 4 is 11.9 Å². The van der Waals surface area contributed by atoms with Gasteiger partial charge in [0, 0.05) is 6.07 Å². The second-order valence-corrected chi connectivity index (χ2v) is 4.39. The van der Waals surface area contributed by atoms with Crippen molar-refractivity contribution in [3.8, 4) is 0 Å². The fraction of sp³-hybridized carbons (Fsp3) is 0.545. The summed E-state index contributed by atoms with van der Waals surface area (Å²) in [5.74, 6) is -1.13. The van der Waals surface area contributed by atoms with Gasteiger partial charge >= 0.3 is 11.9 Å². The number of esters is 2. The maximum Gasteiger partial charge on any atom is 0.359 e. The zero-order chi connectivity index (χ0) is 13.1. The van der Waals surface area contributed by atoms with E-state index in [1.807, 2.05) is 0 Å². The molecule has 0 saturated heterocycles. The molecule has 0 saturated carbocycles. The molecule has 0 aliphatic heterocycles. The molecule has 0 atom stereocenters. The fourth-order valence-electron chi connectivity index (χ4n) is 1.07. The first kappa shape index (κ1) is 13.2. The molecule has 0 unspecified atom stereocenters. The maximum atomic E-state index is 11.6. The Kier molecular flexibility index (Phi) is 3.88. The second-order valence-electron chi connectivity index (χ2n) is 4.39. The average Bonchev–Trinajstić information content (AvgIpc) is 2.63. The van der Waals surface area contributed by atoms with E-state index in [0.717, 1.165) is 0 Å². The van der Waals surface area contributed by atoms with Crippen molar-refractivity contribution in [3.63, 3.8) is 0 Å². The Morgan fingerprint density at radius 1 is 1.35 bits per heavy atom. The first-order valence-corrected chi connectivity index (χ1v) is 5.29. The van der Waals surface area contributed by atoms with Gasteiger partial charge in [0.1, 0.15) is 11.3 Å². The van der Waals surface area contributed by atoms with E-state index < -0.39 is 17.5 Å². The van der Waals surface area contributed by atoms with E-state index in [1.165, 1.54) is 6.07 Å². The lowest BCUT2D eigenvalue weighted by atomic mass is 10.2. The molecule has 0 spiro atoms. The van der Waals surface area contributed by atoms with Gasteiger partial charge in [0.25, 0.3) is 0 Å². The minimum Gasteiger partial charge on any atom is -0.461 e. The lowest BCUT2D eigenvalue weighted by molar-refractivity contribution is 0.00627. The number of aromatic amines is 1. The largest absolute Gasteiger partial charge is 0.461 e. The summed E-state index contributed by atoms with van der Waals surface area (Å²) in [6.45, 7) is 7.22. The van der Waals surface area contributed by atoms with Gasteiger partial charge in [0.15, 0.2) is 5.69 Å². The summed E-state index contributed by atoms with van der Waals surface area (Å²) in [7, 11) is 0. The topological polar surface area (TPSA) is 81.3 Å². The molecule has 1 rings (SSSR count). The van der Waals surface area contributed by atoms with Crippen LogP contribution in [-0.4, -0.2) is 34.3 Å². The Hall–Kier alpha value is -1.85. The first-order chi connectivity index (χ1) is 7.83. The number of rotatable bonds is 3. The van der Waals surface area contributed by atoms with Crippen LogP contribution in [0.1, 0.15) is 48.7 Å². The Labute approximate surface area is 99.3 Å². The normalized spacial score (nSPS) is 11.1. The zero-order valence-corrected chi connectivity index (χ0v) is 10.4. The van der Waals surface area contributed by atoms with Gasteiger partial charge in [0.2, 0.25) is 0 Å². The number of carbonyl (C=O) groups excluding carboxylic acids is 2. The average molecular weight is 240 g/mol. The molecule has 0 aromatic carbocycles. The summed E-state index contributed by atoms with van der Waals surface area (Å²) in [5, 5.41) is 6.13. The third kappa shape index (κ3) is 3.90. The lowest BCUT2D eigenvalue weighted by Crippen LogP contribution is -2.24. The molecular weight excluding hydrogens is 224 g/mol. The Balaban J connectivity index is 2.74. The molecule has 6 nitrogen and oxygen atoms in total. The lowest BCUT2D eigenvalue weighted by Gasteiger charge is -2.18. The van der Waals surface area contributed by atoms with Crippen molar-refractivity contribution in [1.82, 2.24) is 10.2 Å². The highest BCUT2D eigenvalue weighted by Crippen LogP contribution is 2.11. The third-order valence-corrected chi connectivity index (χ3v) is 1.68. The van der Waals surface area contributed by atoms with Gasteiger partial charge < -0.3 is 9.47 Å². The number of ether oxygens (including phenoxy) is 2. The molecule has 0 fully saturated rings. The maximum absolute atomic E-state index is 11.6. The molecule has 0 aliphatic rings. The molecule has 0 radical (unpaired) electrons.